The minimum absolute atomic E-state index is 0.0371. The second kappa shape index (κ2) is 7.69. The Labute approximate surface area is 141 Å². The first-order chi connectivity index (χ1) is 11.4. The number of halogens is 1. The van der Waals surface area contributed by atoms with Crippen LogP contribution >= 0.6 is 11.3 Å². The number of nitrogens with two attached hydrogens (primary N) is 2. The molecule has 0 aliphatic carbocycles. The van der Waals surface area contributed by atoms with Gasteiger partial charge in [0.1, 0.15) is 5.82 Å². The van der Waals surface area contributed by atoms with E-state index in [0.29, 0.717) is 4.88 Å². The van der Waals surface area contributed by atoms with Crippen LogP contribution in [0.25, 0.3) is 0 Å². The maximum absolute atomic E-state index is 12.9. The van der Waals surface area contributed by atoms with Crippen LogP contribution in [0.2, 0.25) is 0 Å². The molecule has 1 aromatic heterocycles. The summed E-state index contributed by atoms with van der Waals surface area (Å²) in [5, 5.41) is 4.10. The molecule has 0 radical (unpaired) electrons. The number of primary amides is 2. The molecule has 3 amide bonds. The van der Waals surface area contributed by atoms with Crippen molar-refractivity contribution in [3.05, 3.63) is 57.5 Å². The zero-order valence-electron chi connectivity index (χ0n) is 12.6. The number of rotatable bonds is 7. The lowest BCUT2D eigenvalue weighted by molar-refractivity contribution is -0.121. The topological polar surface area (TPSA) is 115 Å². The van der Waals surface area contributed by atoms with Gasteiger partial charge in [-0.2, -0.15) is 0 Å². The van der Waals surface area contributed by atoms with Crippen LogP contribution in [-0.2, 0) is 11.2 Å². The molecule has 0 unspecified atom stereocenters. The maximum atomic E-state index is 12.9. The molecular formula is C16H16FN3O3S. The number of amides is 3. The smallest absolute Gasteiger partial charge is 0.261 e. The molecule has 0 saturated heterocycles. The largest absolute Gasteiger partial charge is 0.369 e. The van der Waals surface area contributed by atoms with E-state index < -0.39 is 23.6 Å². The SMILES string of the molecule is NC(=O)c1csc(C(=O)NC[C@H](Cc2ccc(F)cc2)C(N)=O)c1. The van der Waals surface area contributed by atoms with E-state index >= 15 is 0 Å². The lowest BCUT2D eigenvalue weighted by atomic mass is 9.98. The molecule has 0 bridgehead atoms. The van der Waals surface area contributed by atoms with Gasteiger partial charge in [0.05, 0.1) is 16.4 Å². The molecule has 0 fully saturated rings. The number of carbonyl (C=O) groups excluding carboxylic acids is 3. The Morgan fingerprint density at radius 1 is 1.17 bits per heavy atom. The van der Waals surface area contributed by atoms with E-state index in [1.165, 1.54) is 23.6 Å². The maximum Gasteiger partial charge on any atom is 0.261 e. The van der Waals surface area contributed by atoms with Gasteiger partial charge in [-0.25, -0.2) is 4.39 Å². The number of nitrogens with one attached hydrogen (secondary N) is 1. The lowest BCUT2D eigenvalue weighted by Crippen LogP contribution is -2.37. The molecule has 1 heterocycles. The summed E-state index contributed by atoms with van der Waals surface area (Å²) >= 11 is 1.08. The van der Waals surface area contributed by atoms with E-state index in [-0.39, 0.29) is 24.3 Å². The summed E-state index contributed by atoms with van der Waals surface area (Å²) in [5.74, 6) is -2.60. The van der Waals surface area contributed by atoms with Gasteiger partial charge in [0, 0.05) is 11.9 Å². The minimum atomic E-state index is -0.630. The van der Waals surface area contributed by atoms with Crippen molar-refractivity contribution in [2.45, 2.75) is 6.42 Å². The van der Waals surface area contributed by atoms with Gasteiger partial charge in [-0.1, -0.05) is 12.1 Å². The summed E-state index contributed by atoms with van der Waals surface area (Å²) < 4.78 is 12.9. The third-order valence-electron chi connectivity index (χ3n) is 3.41. The third-order valence-corrected chi connectivity index (χ3v) is 4.34. The van der Waals surface area contributed by atoms with Crippen molar-refractivity contribution in [3.63, 3.8) is 0 Å². The van der Waals surface area contributed by atoms with E-state index in [0.717, 1.165) is 16.9 Å². The van der Waals surface area contributed by atoms with Crippen molar-refractivity contribution in [2.24, 2.45) is 17.4 Å². The van der Waals surface area contributed by atoms with Crippen LogP contribution in [0.4, 0.5) is 4.39 Å². The van der Waals surface area contributed by atoms with Crippen molar-refractivity contribution in [2.75, 3.05) is 6.54 Å². The van der Waals surface area contributed by atoms with Crippen LogP contribution in [0.5, 0.6) is 0 Å². The second-order valence-corrected chi connectivity index (χ2v) is 6.12. The van der Waals surface area contributed by atoms with Crippen molar-refractivity contribution in [1.82, 2.24) is 5.32 Å². The molecule has 0 aliphatic heterocycles. The van der Waals surface area contributed by atoms with Gasteiger partial charge >= 0.3 is 0 Å². The standard InChI is InChI=1S/C16H16FN3O3S/c17-12-3-1-9(2-4-12)5-10(14(18)21)7-20-16(23)13-6-11(8-24-13)15(19)22/h1-4,6,8,10H,5,7H2,(H2,18,21)(H2,19,22)(H,20,23)/t10-/m0/s1. The molecule has 0 spiro atoms. The number of hydrogen-bond donors (Lipinski definition) is 3. The average molecular weight is 349 g/mol. The van der Waals surface area contributed by atoms with Crippen molar-refractivity contribution < 1.29 is 18.8 Å². The summed E-state index contributed by atoms with van der Waals surface area (Å²) in [7, 11) is 0. The van der Waals surface area contributed by atoms with E-state index in [2.05, 4.69) is 5.32 Å². The normalized spacial score (nSPS) is 11.7. The van der Waals surface area contributed by atoms with Crippen LogP contribution < -0.4 is 16.8 Å². The minimum Gasteiger partial charge on any atom is -0.369 e. The van der Waals surface area contributed by atoms with Crippen molar-refractivity contribution in [1.29, 1.82) is 0 Å². The van der Waals surface area contributed by atoms with Crippen LogP contribution in [0.3, 0.4) is 0 Å². The Bertz CT molecular complexity index is 758. The molecule has 24 heavy (non-hydrogen) atoms. The fraction of sp³-hybridized carbons (Fsp3) is 0.188. The highest BCUT2D eigenvalue weighted by Gasteiger charge is 2.19. The zero-order chi connectivity index (χ0) is 17.7. The fourth-order valence-corrected chi connectivity index (χ4v) is 2.88. The van der Waals surface area contributed by atoms with Gasteiger partial charge in [0.25, 0.3) is 5.91 Å². The van der Waals surface area contributed by atoms with Gasteiger partial charge in [-0.15, -0.1) is 11.3 Å². The molecule has 126 valence electrons. The Morgan fingerprint density at radius 3 is 2.38 bits per heavy atom. The molecule has 2 rings (SSSR count). The molecule has 0 saturated carbocycles. The Morgan fingerprint density at radius 2 is 1.83 bits per heavy atom. The zero-order valence-corrected chi connectivity index (χ0v) is 13.4. The number of thiophene rings is 1. The molecular weight excluding hydrogens is 333 g/mol. The van der Waals surface area contributed by atoms with E-state index in [9.17, 15) is 18.8 Å². The predicted molar refractivity (Wildman–Crippen MR) is 88.0 cm³/mol. The van der Waals surface area contributed by atoms with Crippen LogP contribution in [-0.4, -0.2) is 24.3 Å². The molecule has 0 aliphatic rings. The Balaban J connectivity index is 1.97. The van der Waals surface area contributed by atoms with Gasteiger partial charge in [-0.05, 0) is 30.2 Å². The highest BCUT2D eigenvalue weighted by atomic mass is 32.1. The Hall–Kier alpha value is -2.74. The van der Waals surface area contributed by atoms with Gasteiger partial charge < -0.3 is 16.8 Å². The molecule has 5 N–H and O–H groups in total. The predicted octanol–water partition coefficient (Wildman–Crippen LogP) is 1.06. The molecule has 1 atom stereocenters. The second-order valence-electron chi connectivity index (χ2n) is 5.20. The highest BCUT2D eigenvalue weighted by Crippen LogP contribution is 2.15. The van der Waals surface area contributed by atoms with E-state index in [1.54, 1.807) is 12.1 Å². The van der Waals surface area contributed by atoms with Gasteiger partial charge in [-0.3, -0.25) is 14.4 Å². The molecule has 8 heteroatoms. The first-order valence-electron chi connectivity index (χ1n) is 7.07. The van der Waals surface area contributed by atoms with Crippen LogP contribution in [0, 0.1) is 11.7 Å². The first-order valence-corrected chi connectivity index (χ1v) is 7.95. The van der Waals surface area contributed by atoms with E-state index in [1.807, 2.05) is 0 Å². The molecule has 6 nitrogen and oxygen atoms in total. The van der Waals surface area contributed by atoms with Crippen molar-refractivity contribution >= 4 is 29.1 Å². The molecule has 2 aromatic rings. The van der Waals surface area contributed by atoms with Crippen molar-refractivity contribution in [3.8, 4) is 0 Å². The summed E-state index contributed by atoms with van der Waals surface area (Å²) in [6.45, 7) is 0.0371. The van der Waals surface area contributed by atoms with Crippen LogP contribution in [0.15, 0.2) is 35.7 Å². The summed E-state index contributed by atoms with van der Waals surface area (Å²) in [6.07, 6.45) is 0.285. The molecule has 1 aromatic carbocycles. The quantitative estimate of drug-likeness (QED) is 0.694. The van der Waals surface area contributed by atoms with Gasteiger partial charge in [0.15, 0.2) is 0 Å². The first kappa shape index (κ1) is 17.6. The van der Waals surface area contributed by atoms with E-state index in [4.69, 9.17) is 11.5 Å². The van der Waals surface area contributed by atoms with Gasteiger partial charge in [0.2, 0.25) is 11.8 Å². The number of benzene rings is 1. The summed E-state index contributed by atoms with van der Waals surface area (Å²) in [6, 6.07) is 7.10. The summed E-state index contributed by atoms with van der Waals surface area (Å²) in [4.78, 5) is 34.9. The number of carbonyl (C=O) groups is 3. The number of hydrogen-bond acceptors (Lipinski definition) is 4. The van der Waals surface area contributed by atoms with Crippen LogP contribution in [0.1, 0.15) is 25.6 Å². The lowest BCUT2D eigenvalue weighted by Gasteiger charge is -2.14. The highest BCUT2D eigenvalue weighted by molar-refractivity contribution is 7.12. The average Bonchev–Trinajstić information content (AvgIpc) is 3.03. The monoisotopic (exact) mass is 349 g/mol. The summed E-state index contributed by atoms with van der Waals surface area (Å²) in [5.41, 5.74) is 11.5. The third kappa shape index (κ3) is 4.63. The fourth-order valence-electron chi connectivity index (χ4n) is 2.07. The Kier molecular flexibility index (Phi) is 5.64.